The number of phenolic OH excluding ortho intramolecular Hbond substituents is 1. The summed E-state index contributed by atoms with van der Waals surface area (Å²) >= 11 is 0. The van der Waals surface area contributed by atoms with Crippen LogP contribution in [0.4, 0.5) is 5.82 Å². The molecule has 5 rings (SSSR count). The van der Waals surface area contributed by atoms with E-state index in [0.717, 1.165) is 67.1 Å². The molecule has 1 amide bonds. The van der Waals surface area contributed by atoms with Gasteiger partial charge < -0.3 is 20.6 Å². The number of carbonyl (C=O) groups is 1. The highest BCUT2D eigenvalue weighted by atomic mass is 16.3. The van der Waals surface area contributed by atoms with Crippen molar-refractivity contribution >= 4 is 17.4 Å². The normalized spacial score (nSPS) is 21.5. The summed E-state index contributed by atoms with van der Waals surface area (Å²) < 4.78 is 1.82. The lowest BCUT2D eigenvalue weighted by Crippen LogP contribution is -2.38. The molecular formula is C24H30N6O2. The molecule has 3 N–H and O–H groups in total. The molecule has 8 nitrogen and oxygen atoms in total. The Morgan fingerprint density at radius 3 is 2.72 bits per heavy atom. The summed E-state index contributed by atoms with van der Waals surface area (Å²) in [5.74, 6) is 1.03. The third-order valence-corrected chi connectivity index (χ3v) is 6.71. The third kappa shape index (κ3) is 3.68. The first-order valence-electron chi connectivity index (χ1n) is 11.4. The van der Waals surface area contributed by atoms with Gasteiger partial charge in [-0.25, -0.2) is 9.50 Å². The number of phenols is 1. The highest BCUT2D eigenvalue weighted by Gasteiger charge is 2.31. The van der Waals surface area contributed by atoms with Crippen molar-refractivity contribution in [2.45, 2.75) is 51.6 Å². The van der Waals surface area contributed by atoms with Crippen LogP contribution in [0.1, 0.15) is 58.9 Å². The lowest BCUT2D eigenvalue weighted by molar-refractivity contribution is 0.0605. The summed E-state index contributed by atoms with van der Waals surface area (Å²) in [6.45, 7) is 6.28. The van der Waals surface area contributed by atoms with Crippen LogP contribution in [0, 0.1) is 13.8 Å². The van der Waals surface area contributed by atoms with Crippen molar-refractivity contribution < 1.29 is 9.90 Å². The Balaban J connectivity index is 1.47. The van der Waals surface area contributed by atoms with Crippen LogP contribution in [0.3, 0.4) is 0 Å². The topological polar surface area (TPSA) is 100.0 Å². The van der Waals surface area contributed by atoms with Gasteiger partial charge in [0, 0.05) is 49.1 Å². The predicted octanol–water partition coefficient (Wildman–Crippen LogP) is 2.96. The molecule has 0 radical (unpaired) electrons. The smallest absolute Gasteiger partial charge is 0.254 e. The average Bonchev–Trinajstić information content (AvgIpc) is 3.40. The van der Waals surface area contributed by atoms with E-state index in [-0.39, 0.29) is 23.7 Å². The van der Waals surface area contributed by atoms with Crippen LogP contribution in [0.25, 0.3) is 5.65 Å². The largest absolute Gasteiger partial charge is 0.508 e. The second kappa shape index (κ2) is 8.09. The molecule has 32 heavy (non-hydrogen) atoms. The van der Waals surface area contributed by atoms with Gasteiger partial charge in [-0.2, -0.15) is 5.10 Å². The Labute approximate surface area is 187 Å². The summed E-state index contributed by atoms with van der Waals surface area (Å²) in [6, 6.07) is 7.21. The molecule has 2 saturated heterocycles. The molecule has 8 heteroatoms. The van der Waals surface area contributed by atoms with Crippen molar-refractivity contribution in [3.8, 4) is 5.75 Å². The standard InChI is InChI=1S/C24H30N6O2/c1-15-6-7-17(11-21(15)31)24(32)29-9-4-3-5-20(29)19-12-22-26-23(16(2)13-30(22)27-19)28-10-8-18(25)14-28/h6-7,11-13,18,20,31H,3-5,8-10,14,25H2,1-2H3/t18-,20-/m0/s1. The summed E-state index contributed by atoms with van der Waals surface area (Å²) in [4.78, 5) is 22.3. The number of likely N-dealkylation sites (tertiary alicyclic amines) is 1. The van der Waals surface area contributed by atoms with Gasteiger partial charge in [0.2, 0.25) is 0 Å². The average molecular weight is 435 g/mol. The van der Waals surface area contributed by atoms with Crippen molar-refractivity contribution in [1.82, 2.24) is 19.5 Å². The van der Waals surface area contributed by atoms with Crippen LogP contribution in [0.15, 0.2) is 30.5 Å². The molecule has 0 bridgehead atoms. The maximum absolute atomic E-state index is 13.3. The first-order chi connectivity index (χ1) is 15.4. The van der Waals surface area contributed by atoms with Gasteiger partial charge in [0.1, 0.15) is 11.6 Å². The van der Waals surface area contributed by atoms with Crippen LogP contribution in [0.5, 0.6) is 5.75 Å². The summed E-state index contributed by atoms with van der Waals surface area (Å²) in [7, 11) is 0. The molecule has 4 heterocycles. The molecule has 2 aliphatic rings. The number of aryl methyl sites for hydroxylation is 2. The zero-order valence-corrected chi connectivity index (χ0v) is 18.7. The second-order valence-corrected chi connectivity index (χ2v) is 9.13. The number of aromatic nitrogens is 3. The maximum Gasteiger partial charge on any atom is 0.254 e. The van der Waals surface area contributed by atoms with Gasteiger partial charge >= 0.3 is 0 Å². The number of nitrogens with two attached hydrogens (primary N) is 1. The Morgan fingerprint density at radius 2 is 1.97 bits per heavy atom. The highest BCUT2D eigenvalue weighted by Crippen LogP contribution is 2.33. The number of benzene rings is 1. The predicted molar refractivity (Wildman–Crippen MR) is 123 cm³/mol. The van der Waals surface area contributed by atoms with Gasteiger partial charge in [0.15, 0.2) is 5.65 Å². The minimum atomic E-state index is -0.106. The first kappa shape index (κ1) is 20.8. The fourth-order valence-electron chi connectivity index (χ4n) is 4.87. The van der Waals surface area contributed by atoms with Crippen molar-refractivity contribution in [3.63, 3.8) is 0 Å². The van der Waals surface area contributed by atoms with Gasteiger partial charge in [-0.15, -0.1) is 0 Å². The fourth-order valence-corrected chi connectivity index (χ4v) is 4.87. The zero-order chi connectivity index (χ0) is 22.4. The van der Waals surface area contributed by atoms with Crippen molar-refractivity contribution in [1.29, 1.82) is 0 Å². The monoisotopic (exact) mass is 434 g/mol. The summed E-state index contributed by atoms with van der Waals surface area (Å²) in [5.41, 5.74) is 10.1. The molecule has 0 unspecified atom stereocenters. The van der Waals surface area contributed by atoms with E-state index in [1.807, 2.05) is 35.5 Å². The van der Waals surface area contributed by atoms with Crippen LogP contribution in [-0.2, 0) is 0 Å². The number of rotatable bonds is 3. The fraction of sp³-hybridized carbons (Fsp3) is 0.458. The van der Waals surface area contributed by atoms with E-state index >= 15 is 0 Å². The quantitative estimate of drug-likeness (QED) is 0.657. The van der Waals surface area contributed by atoms with Crippen LogP contribution in [-0.4, -0.2) is 56.2 Å². The molecule has 2 aromatic heterocycles. The Bertz CT molecular complexity index is 1170. The molecule has 168 valence electrons. The Morgan fingerprint density at radius 1 is 1.12 bits per heavy atom. The molecular weight excluding hydrogens is 404 g/mol. The molecule has 2 fully saturated rings. The number of carbonyl (C=O) groups excluding carboxylic acids is 1. The van der Waals surface area contributed by atoms with E-state index in [0.29, 0.717) is 12.1 Å². The lowest BCUT2D eigenvalue weighted by Gasteiger charge is -2.34. The minimum Gasteiger partial charge on any atom is -0.508 e. The molecule has 2 atom stereocenters. The number of aromatic hydroxyl groups is 1. The third-order valence-electron chi connectivity index (χ3n) is 6.71. The Kier molecular flexibility index (Phi) is 5.25. The first-order valence-corrected chi connectivity index (χ1v) is 11.4. The van der Waals surface area contributed by atoms with E-state index in [2.05, 4.69) is 4.90 Å². The Hall–Kier alpha value is -3.13. The van der Waals surface area contributed by atoms with Gasteiger partial charge in [0.05, 0.1) is 11.7 Å². The van der Waals surface area contributed by atoms with Crippen LogP contribution < -0.4 is 10.6 Å². The van der Waals surface area contributed by atoms with Crippen LogP contribution >= 0.6 is 0 Å². The zero-order valence-electron chi connectivity index (χ0n) is 18.7. The van der Waals surface area contributed by atoms with Crippen molar-refractivity contribution in [3.05, 3.63) is 52.8 Å². The van der Waals surface area contributed by atoms with Gasteiger partial charge in [-0.3, -0.25) is 4.79 Å². The molecule has 0 spiro atoms. The maximum atomic E-state index is 13.3. The number of anilines is 1. The van der Waals surface area contributed by atoms with Crippen molar-refractivity contribution in [2.75, 3.05) is 24.5 Å². The van der Waals surface area contributed by atoms with Gasteiger partial charge in [-0.1, -0.05) is 6.07 Å². The van der Waals surface area contributed by atoms with Crippen molar-refractivity contribution in [2.24, 2.45) is 5.73 Å². The second-order valence-electron chi connectivity index (χ2n) is 9.13. The molecule has 2 aliphatic heterocycles. The number of nitrogens with zero attached hydrogens (tertiary/aromatic N) is 5. The van der Waals surface area contributed by atoms with E-state index < -0.39 is 0 Å². The number of fused-ring (bicyclic) bond motifs is 1. The van der Waals surface area contributed by atoms with E-state index in [1.165, 1.54) is 0 Å². The molecule has 1 aromatic carbocycles. The van der Waals surface area contributed by atoms with Crippen LogP contribution in [0.2, 0.25) is 0 Å². The molecule has 0 saturated carbocycles. The summed E-state index contributed by atoms with van der Waals surface area (Å²) in [6.07, 6.45) is 5.86. The number of piperidine rings is 1. The number of amides is 1. The summed E-state index contributed by atoms with van der Waals surface area (Å²) in [5, 5.41) is 14.9. The van der Waals surface area contributed by atoms with Gasteiger partial charge in [0.25, 0.3) is 5.91 Å². The van der Waals surface area contributed by atoms with E-state index in [9.17, 15) is 9.90 Å². The SMILES string of the molecule is Cc1ccc(C(=O)N2CCCC[C@H]2c2cc3nc(N4CC[C@H](N)C4)c(C)cn3n2)cc1O. The molecule has 3 aromatic rings. The van der Waals surface area contributed by atoms with E-state index in [1.54, 1.807) is 18.2 Å². The highest BCUT2D eigenvalue weighted by molar-refractivity contribution is 5.95. The number of hydrogen-bond donors (Lipinski definition) is 2. The molecule has 0 aliphatic carbocycles. The lowest BCUT2D eigenvalue weighted by atomic mass is 9.98. The van der Waals surface area contributed by atoms with E-state index in [4.69, 9.17) is 15.8 Å². The minimum absolute atomic E-state index is 0.0714. The van der Waals surface area contributed by atoms with Gasteiger partial charge in [-0.05, 0) is 57.2 Å². The number of hydrogen-bond acceptors (Lipinski definition) is 6.